The van der Waals surface area contributed by atoms with E-state index < -0.39 is 0 Å². The molecule has 0 unspecified atom stereocenters. The van der Waals surface area contributed by atoms with Gasteiger partial charge in [-0.15, -0.1) is 11.8 Å². The zero-order chi connectivity index (χ0) is 20.6. The van der Waals surface area contributed by atoms with E-state index in [2.05, 4.69) is 105 Å². The Morgan fingerprint density at radius 1 is 0.897 bits per heavy atom. The first kappa shape index (κ1) is 21.7. The van der Waals surface area contributed by atoms with Crippen LogP contribution >= 0.6 is 23.4 Å². The Morgan fingerprint density at radius 3 is 2.24 bits per heavy atom. The van der Waals surface area contributed by atoms with Crippen LogP contribution in [0.15, 0.2) is 83.8 Å². The van der Waals surface area contributed by atoms with Gasteiger partial charge in [0.15, 0.2) is 0 Å². The fourth-order valence-electron chi connectivity index (χ4n) is 3.17. The molecule has 0 N–H and O–H groups in total. The maximum absolute atomic E-state index is 6.51. The van der Waals surface area contributed by atoms with Gasteiger partial charge in [0.25, 0.3) is 0 Å². The molecule has 0 aliphatic rings. The minimum absolute atomic E-state index is 0.809. The summed E-state index contributed by atoms with van der Waals surface area (Å²) in [5.41, 5.74) is 5.93. The summed E-state index contributed by atoms with van der Waals surface area (Å²) in [6.45, 7) is 3.19. The maximum atomic E-state index is 6.51. The first-order chi connectivity index (χ1) is 14.1. The molecule has 0 bridgehead atoms. The van der Waals surface area contributed by atoms with Gasteiger partial charge in [-0.2, -0.15) is 0 Å². The average Bonchev–Trinajstić information content (AvgIpc) is 2.74. The molecule has 3 aromatic carbocycles. The smallest absolute Gasteiger partial charge is 0.0438 e. The van der Waals surface area contributed by atoms with E-state index in [4.69, 9.17) is 11.6 Å². The number of halogens is 1. The minimum Gasteiger partial charge on any atom is -0.309 e. The van der Waals surface area contributed by atoms with Gasteiger partial charge >= 0.3 is 0 Å². The van der Waals surface area contributed by atoms with Gasteiger partial charge in [0.05, 0.1) is 0 Å². The van der Waals surface area contributed by atoms with Gasteiger partial charge in [-0.05, 0) is 66.5 Å². The lowest BCUT2D eigenvalue weighted by molar-refractivity contribution is 0.437. The lowest BCUT2D eigenvalue weighted by atomic mass is 9.92. The summed E-state index contributed by atoms with van der Waals surface area (Å²) in [5, 5.41) is 0.809. The molecule has 0 amide bonds. The Bertz CT molecular complexity index is 946. The molecule has 0 aliphatic carbocycles. The molecule has 0 spiro atoms. The SMILES string of the molecule is CCC=C(Cl)c1ccc(-c2ccc(SCCN(C)C)cc2)c(-c2ccccc2)c1. The summed E-state index contributed by atoms with van der Waals surface area (Å²) in [6.07, 6.45) is 2.99. The predicted molar refractivity (Wildman–Crippen MR) is 131 cm³/mol. The van der Waals surface area contributed by atoms with E-state index in [1.54, 1.807) is 0 Å². The Hall–Kier alpha value is -2.00. The maximum Gasteiger partial charge on any atom is 0.0438 e. The average molecular weight is 422 g/mol. The molecule has 3 aromatic rings. The highest BCUT2D eigenvalue weighted by molar-refractivity contribution is 7.99. The molecule has 0 saturated carbocycles. The van der Waals surface area contributed by atoms with E-state index in [0.717, 1.165) is 29.3 Å². The lowest BCUT2D eigenvalue weighted by Crippen LogP contribution is -2.14. The zero-order valence-electron chi connectivity index (χ0n) is 17.4. The fraction of sp³-hybridized carbons (Fsp3) is 0.231. The molecule has 0 fully saturated rings. The van der Waals surface area contributed by atoms with Crippen LogP contribution in [0.4, 0.5) is 0 Å². The third-order valence-electron chi connectivity index (χ3n) is 4.74. The Morgan fingerprint density at radius 2 is 1.59 bits per heavy atom. The van der Waals surface area contributed by atoms with Crippen molar-refractivity contribution in [2.75, 3.05) is 26.4 Å². The predicted octanol–water partition coefficient (Wildman–Crippen LogP) is 7.66. The third-order valence-corrected chi connectivity index (χ3v) is 6.10. The normalized spacial score (nSPS) is 11.8. The molecule has 0 atom stereocenters. The Balaban J connectivity index is 1.95. The van der Waals surface area contributed by atoms with Crippen molar-refractivity contribution in [1.29, 1.82) is 0 Å². The molecule has 3 rings (SSSR count). The second kappa shape index (κ2) is 10.7. The Labute approximate surface area is 184 Å². The van der Waals surface area contributed by atoms with Crippen LogP contribution in [0.3, 0.4) is 0 Å². The second-order valence-electron chi connectivity index (χ2n) is 7.26. The van der Waals surface area contributed by atoms with Crippen LogP contribution in [0.2, 0.25) is 0 Å². The van der Waals surface area contributed by atoms with Crippen molar-refractivity contribution in [2.45, 2.75) is 18.2 Å². The number of thioether (sulfide) groups is 1. The number of nitrogens with zero attached hydrogens (tertiary/aromatic N) is 1. The van der Waals surface area contributed by atoms with E-state index in [0.29, 0.717) is 0 Å². The molecular formula is C26H28ClNS. The van der Waals surface area contributed by atoms with Crippen LogP contribution in [-0.2, 0) is 0 Å². The topological polar surface area (TPSA) is 3.24 Å². The van der Waals surface area contributed by atoms with Gasteiger partial charge in [-0.25, -0.2) is 0 Å². The molecule has 0 heterocycles. The van der Waals surface area contributed by atoms with E-state index >= 15 is 0 Å². The number of rotatable bonds is 8. The summed E-state index contributed by atoms with van der Waals surface area (Å²) in [6, 6.07) is 26.0. The van der Waals surface area contributed by atoms with Crippen molar-refractivity contribution in [3.05, 3.63) is 84.4 Å². The molecule has 0 saturated heterocycles. The first-order valence-electron chi connectivity index (χ1n) is 10.0. The van der Waals surface area contributed by atoms with Crippen molar-refractivity contribution in [3.8, 4) is 22.3 Å². The largest absolute Gasteiger partial charge is 0.309 e. The van der Waals surface area contributed by atoms with Gasteiger partial charge < -0.3 is 4.90 Å². The molecule has 0 aliphatic heterocycles. The van der Waals surface area contributed by atoms with Gasteiger partial charge in [0.2, 0.25) is 0 Å². The van der Waals surface area contributed by atoms with Gasteiger partial charge in [-0.1, -0.05) is 79.2 Å². The number of hydrogen-bond donors (Lipinski definition) is 0. The van der Waals surface area contributed by atoms with E-state index in [9.17, 15) is 0 Å². The van der Waals surface area contributed by atoms with E-state index in [-0.39, 0.29) is 0 Å². The summed E-state index contributed by atoms with van der Waals surface area (Å²) in [4.78, 5) is 3.52. The van der Waals surface area contributed by atoms with Gasteiger partial charge in [0.1, 0.15) is 0 Å². The van der Waals surface area contributed by atoms with Crippen LogP contribution in [-0.4, -0.2) is 31.3 Å². The molecular weight excluding hydrogens is 394 g/mol. The molecule has 0 aromatic heterocycles. The molecule has 1 nitrogen and oxygen atoms in total. The van der Waals surface area contributed by atoms with Crippen LogP contribution in [0.1, 0.15) is 18.9 Å². The number of benzene rings is 3. The fourth-order valence-corrected chi connectivity index (χ4v) is 4.47. The summed E-state index contributed by atoms with van der Waals surface area (Å²) < 4.78 is 0. The minimum atomic E-state index is 0.809. The summed E-state index contributed by atoms with van der Waals surface area (Å²) in [5.74, 6) is 1.10. The third kappa shape index (κ3) is 5.99. The van der Waals surface area contributed by atoms with Crippen molar-refractivity contribution in [3.63, 3.8) is 0 Å². The summed E-state index contributed by atoms with van der Waals surface area (Å²) in [7, 11) is 4.22. The highest BCUT2D eigenvalue weighted by atomic mass is 35.5. The molecule has 150 valence electrons. The molecule has 3 heteroatoms. The molecule has 0 radical (unpaired) electrons. The quantitative estimate of drug-likeness (QED) is 0.343. The van der Waals surface area contributed by atoms with Crippen LogP contribution < -0.4 is 0 Å². The number of hydrogen-bond acceptors (Lipinski definition) is 2. The molecule has 29 heavy (non-hydrogen) atoms. The van der Waals surface area contributed by atoms with E-state index in [1.807, 2.05) is 11.8 Å². The van der Waals surface area contributed by atoms with E-state index in [1.165, 1.54) is 27.1 Å². The first-order valence-corrected chi connectivity index (χ1v) is 11.4. The summed E-state index contributed by atoms with van der Waals surface area (Å²) >= 11 is 8.41. The zero-order valence-corrected chi connectivity index (χ0v) is 18.9. The monoisotopic (exact) mass is 421 g/mol. The number of allylic oxidation sites excluding steroid dienone is 1. The lowest BCUT2D eigenvalue weighted by Gasteiger charge is -2.14. The standard InChI is InChI=1S/C26H28ClNS/c1-4-8-26(27)22-13-16-24(25(19-22)20-9-6-5-7-10-20)21-11-14-23(15-12-21)29-18-17-28(2)3/h5-16,19H,4,17-18H2,1-3H3. The van der Waals surface area contributed by atoms with Crippen molar-refractivity contribution in [2.24, 2.45) is 0 Å². The second-order valence-corrected chi connectivity index (χ2v) is 8.84. The van der Waals surface area contributed by atoms with Gasteiger partial charge in [0, 0.05) is 22.2 Å². The van der Waals surface area contributed by atoms with Crippen LogP contribution in [0.5, 0.6) is 0 Å². The van der Waals surface area contributed by atoms with Crippen molar-refractivity contribution in [1.82, 2.24) is 4.90 Å². The van der Waals surface area contributed by atoms with Crippen molar-refractivity contribution < 1.29 is 0 Å². The van der Waals surface area contributed by atoms with Crippen molar-refractivity contribution >= 4 is 28.4 Å². The van der Waals surface area contributed by atoms with Crippen LogP contribution in [0.25, 0.3) is 27.3 Å². The van der Waals surface area contributed by atoms with Gasteiger partial charge in [-0.3, -0.25) is 0 Å². The van der Waals surface area contributed by atoms with Crippen LogP contribution in [0, 0.1) is 0 Å². The Kier molecular flexibility index (Phi) is 8.00. The highest BCUT2D eigenvalue weighted by Crippen LogP contribution is 2.36. The highest BCUT2D eigenvalue weighted by Gasteiger charge is 2.10.